The maximum absolute atomic E-state index is 12.4. The molecule has 0 bridgehead atoms. The van der Waals surface area contributed by atoms with Crippen LogP contribution in [0.5, 0.6) is 0 Å². The van der Waals surface area contributed by atoms with Crippen molar-refractivity contribution in [2.45, 2.75) is 45.6 Å². The summed E-state index contributed by atoms with van der Waals surface area (Å²) >= 11 is 0. The van der Waals surface area contributed by atoms with Gasteiger partial charge in [0.2, 0.25) is 5.91 Å². The first-order valence-corrected chi connectivity index (χ1v) is 7.78. The van der Waals surface area contributed by atoms with Crippen LogP contribution < -0.4 is 10.6 Å². The lowest BCUT2D eigenvalue weighted by Gasteiger charge is -2.27. The van der Waals surface area contributed by atoms with E-state index in [1.54, 1.807) is 0 Å². The number of hydrogen-bond acceptors (Lipinski definition) is 2. The molecule has 4 heteroatoms. The fraction of sp³-hybridized carbons (Fsp3) is 0.588. The van der Waals surface area contributed by atoms with Crippen molar-refractivity contribution >= 4 is 24.0 Å². The van der Waals surface area contributed by atoms with Gasteiger partial charge < -0.3 is 10.6 Å². The predicted octanol–water partition coefficient (Wildman–Crippen LogP) is 3.98. The number of amides is 1. The second kappa shape index (κ2) is 9.06. The second-order valence-electron chi connectivity index (χ2n) is 5.80. The van der Waals surface area contributed by atoms with Gasteiger partial charge in [-0.3, -0.25) is 4.79 Å². The first-order chi connectivity index (χ1) is 9.74. The third-order valence-corrected chi connectivity index (χ3v) is 4.44. The molecule has 1 aromatic rings. The minimum Gasteiger partial charge on any atom is -0.326 e. The molecular formula is C17H27ClN2O. The van der Waals surface area contributed by atoms with Crippen molar-refractivity contribution in [2.24, 2.45) is 11.8 Å². The molecule has 1 amide bonds. The lowest BCUT2D eigenvalue weighted by Crippen LogP contribution is -2.27. The van der Waals surface area contributed by atoms with Crippen molar-refractivity contribution in [3.8, 4) is 0 Å². The quantitative estimate of drug-likeness (QED) is 0.863. The summed E-state index contributed by atoms with van der Waals surface area (Å²) in [5.41, 5.74) is 2.09. The Hall–Kier alpha value is -1.06. The summed E-state index contributed by atoms with van der Waals surface area (Å²) < 4.78 is 0. The molecule has 1 fully saturated rings. The molecule has 21 heavy (non-hydrogen) atoms. The minimum atomic E-state index is 0. The molecule has 1 aromatic carbocycles. The molecule has 0 saturated heterocycles. The van der Waals surface area contributed by atoms with Gasteiger partial charge in [0.1, 0.15) is 0 Å². The van der Waals surface area contributed by atoms with Crippen LogP contribution in [0.15, 0.2) is 24.3 Å². The van der Waals surface area contributed by atoms with E-state index in [0.717, 1.165) is 36.6 Å². The van der Waals surface area contributed by atoms with Crippen LogP contribution in [-0.4, -0.2) is 13.0 Å². The summed E-state index contributed by atoms with van der Waals surface area (Å²) in [7, 11) is 1.92. The van der Waals surface area contributed by atoms with Crippen LogP contribution in [0, 0.1) is 11.8 Å². The van der Waals surface area contributed by atoms with Gasteiger partial charge in [0.05, 0.1) is 0 Å². The van der Waals surface area contributed by atoms with E-state index in [0.29, 0.717) is 0 Å². The number of hydrogen-bond donors (Lipinski definition) is 2. The molecule has 0 aliphatic heterocycles. The van der Waals surface area contributed by atoms with Gasteiger partial charge in [0.15, 0.2) is 0 Å². The normalized spacial score (nSPS) is 21.4. The monoisotopic (exact) mass is 310 g/mol. The van der Waals surface area contributed by atoms with Gasteiger partial charge in [-0.15, -0.1) is 12.4 Å². The van der Waals surface area contributed by atoms with Gasteiger partial charge in [0.25, 0.3) is 0 Å². The summed E-state index contributed by atoms with van der Waals surface area (Å²) in [6.07, 6.45) is 5.73. The number of para-hydroxylation sites is 1. The lowest BCUT2D eigenvalue weighted by molar-refractivity contribution is -0.121. The minimum absolute atomic E-state index is 0. The maximum atomic E-state index is 12.4. The third-order valence-electron chi connectivity index (χ3n) is 4.44. The van der Waals surface area contributed by atoms with Crippen LogP contribution in [0.25, 0.3) is 0 Å². The Morgan fingerprint density at radius 2 is 1.86 bits per heavy atom. The molecule has 0 spiro atoms. The van der Waals surface area contributed by atoms with Crippen molar-refractivity contribution in [1.82, 2.24) is 5.32 Å². The standard InChI is InChI=1S/C17H26N2O.ClH/c1-3-13-8-10-14(11-9-13)17(20)19-16-7-5-4-6-15(16)12-18-2;/h4-7,13-14,18H,3,8-12H2,1-2H3,(H,19,20);1H. The van der Waals surface area contributed by atoms with E-state index in [1.165, 1.54) is 19.3 Å². The van der Waals surface area contributed by atoms with E-state index >= 15 is 0 Å². The first-order valence-electron chi connectivity index (χ1n) is 7.78. The summed E-state index contributed by atoms with van der Waals surface area (Å²) in [6.45, 7) is 3.03. The lowest BCUT2D eigenvalue weighted by atomic mass is 9.80. The number of rotatable bonds is 5. The van der Waals surface area contributed by atoms with E-state index in [2.05, 4.69) is 23.6 Å². The Bertz CT molecular complexity index is 442. The molecule has 1 aliphatic rings. The summed E-state index contributed by atoms with van der Waals surface area (Å²) in [4.78, 5) is 12.4. The summed E-state index contributed by atoms with van der Waals surface area (Å²) in [6, 6.07) is 8.03. The molecule has 0 radical (unpaired) electrons. The van der Waals surface area contributed by atoms with Crippen molar-refractivity contribution in [3.05, 3.63) is 29.8 Å². The molecule has 2 rings (SSSR count). The van der Waals surface area contributed by atoms with Crippen molar-refractivity contribution in [1.29, 1.82) is 0 Å². The topological polar surface area (TPSA) is 41.1 Å². The van der Waals surface area contributed by atoms with E-state index in [1.807, 2.05) is 25.2 Å². The molecule has 1 saturated carbocycles. The molecule has 118 valence electrons. The highest BCUT2D eigenvalue weighted by Gasteiger charge is 2.25. The van der Waals surface area contributed by atoms with E-state index < -0.39 is 0 Å². The van der Waals surface area contributed by atoms with Crippen molar-refractivity contribution in [3.63, 3.8) is 0 Å². The smallest absolute Gasteiger partial charge is 0.227 e. The van der Waals surface area contributed by atoms with Crippen LogP contribution in [-0.2, 0) is 11.3 Å². The summed E-state index contributed by atoms with van der Waals surface area (Å²) in [5, 5.41) is 6.26. The zero-order chi connectivity index (χ0) is 14.4. The van der Waals surface area contributed by atoms with Crippen LogP contribution in [0.4, 0.5) is 5.69 Å². The van der Waals surface area contributed by atoms with Gasteiger partial charge in [-0.1, -0.05) is 31.5 Å². The number of halogens is 1. The fourth-order valence-corrected chi connectivity index (χ4v) is 3.05. The SMILES string of the molecule is CCC1CCC(C(=O)Nc2ccccc2CNC)CC1.Cl. The molecule has 0 heterocycles. The van der Waals surface area contributed by atoms with E-state index in [9.17, 15) is 4.79 Å². The zero-order valence-electron chi connectivity index (χ0n) is 13.0. The maximum Gasteiger partial charge on any atom is 0.227 e. The molecule has 0 atom stereocenters. The van der Waals surface area contributed by atoms with Crippen LogP contribution in [0.1, 0.15) is 44.6 Å². The Kier molecular flexibility index (Phi) is 7.76. The van der Waals surface area contributed by atoms with Gasteiger partial charge in [-0.05, 0) is 50.3 Å². The highest BCUT2D eigenvalue weighted by Crippen LogP contribution is 2.31. The highest BCUT2D eigenvalue weighted by atomic mass is 35.5. The number of carbonyl (C=O) groups is 1. The average molecular weight is 311 g/mol. The second-order valence-corrected chi connectivity index (χ2v) is 5.80. The Morgan fingerprint density at radius 3 is 2.48 bits per heavy atom. The van der Waals surface area contributed by atoms with Gasteiger partial charge in [0, 0.05) is 18.2 Å². The predicted molar refractivity (Wildman–Crippen MR) is 90.8 cm³/mol. The average Bonchev–Trinajstić information content (AvgIpc) is 2.49. The zero-order valence-corrected chi connectivity index (χ0v) is 13.8. The Morgan fingerprint density at radius 1 is 1.19 bits per heavy atom. The fourth-order valence-electron chi connectivity index (χ4n) is 3.05. The van der Waals surface area contributed by atoms with Gasteiger partial charge >= 0.3 is 0 Å². The number of nitrogens with one attached hydrogen (secondary N) is 2. The molecular weight excluding hydrogens is 284 g/mol. The van der Waals surface area contributed by atoms with Crippen molar-refractivity contribution < 1.29 is 4.79 Å². The van der Waals surface area contributed by atoms with Crippen LogP contribution in [0.2, 0.25) is 0 Å². The third kappa shape index (κ3) is 5.01. The number of anilines is 1. The molecule has 3 nitrogen and oxygen atoms in total. The molecule has 2 N–H and O–H groups in total. The highest BCUT2D eigenvalue weighted by molar-refractivity contribution is 5.93. The molecule has 1 aliphatic carbocycles. The molecule has 0 aromatic heterocycles. The number of benzene rings is 1. The van der Waals surface area contributed by atoms with Gasteiger partial charge in [-0.25, -0.2) is 0 Å². The van der Waals surface area contributed by atoms with E-state index in [-0.39, 0.29) is 24.2 Å². The molecule has 0 unspecified atom stereocenters. The first kappa shape index (κ1) is 18.0. The van der Waals surface area contributed by atoms with Crippen LogP contribution >= 0.6 is 12.4 Å². The largest absolute Gasteiger partial charge is 0.326 e. The van der Waals surface area contributed by atoms with E-state index in [4.69, 9.17) is 0 Å². The van der Waals surface area contributed by atoms with Gasteiger partial charge in [-0.2, -0.15) is 0 Å². The summed E-state index contributed by atoms with van der Waals surface area (Å²) in [5.74, 6) is 1.22. The van der Waals surface area contributed by atoms with Crippen LogP contribution in [0.3, 0.4) is 0 Å². The van der Waals surface area contributed by atoms with Crippen molar-refractivity contribution in [2.75, 3.05) is 12.4 Å². The Balaban J connectivity index is 0.00000220. The Labute approximate surface area is 134 Å². The number of carbonyl (C=O) groups excluding carboxylic acids is 1.